The highest BCUT2D eigenvalue weighted by atomic mass is 16.5. The molecule has 2 aliphatic rings. The third-order valence-corrected chi connectivity index (χ3v) is 7.11. The summed E-state index contributed by atoms with van der Waals surface area (Å²) in [5.74, 6) is -0.800. The van der Waals surface area contributed by atoms with Crippen LogP contribution >= 0.6 is 0 Å². The lowest BCUT2D eigenvalue weighted by molar-refractivity contribution is -0.159. The van der Waals surface area contributed by atoms with Gasteiger partial charge in [0.15, 0.2) is 0 Å². The first-order valence-corrected chi connectivity index (χ1v) is 9.18. The summed E-state index contributed by atoms with van der Waals surface area (Å²) in [6.45, 7) is 8.06. The first-order valence-electron chi connectivity index (χ1n) is 9.18. The molecule has 0 heterocycles. The molecule has 0 spiro atoms. The minimum absolute atomic E-state index is 0.0602. The minimum Gasteiger partial charge on any atom is -0.481 e. The second-order valence-corrected chi connectivity index (χ2v) is 8.81. The van der Waals surface area contributed by atoms with Crippen molar-refractivity contribution >= 4 is 5.97 Å². The van der Waals surface area contributed by atoms with Gasteiger partial charge in [0.05, 0.1) is 17.1 Å². The van der Waals surface area contributed by atoms with Crippen LogP contribution in [-0.4, -0.2) is 23.3 Å². The van der Waals surface area contributed by atoms with Crippen LogP contribution < -0.4 is 0 Å². The number of aliphatic hydroxyl groups is 1. The number of methoxy groups -OCH3 is 1. The molecule has 1 aromatic carbocycles. The molecule has 0 saturated heterocycles. The van der Waals surface area contributed by atoms with Gasteiger partial charge in [-0.25, -0.2) is 0 Å². The second kappa shape index (κ2) is 5.82. The monoisotopic (exact) mass is 346 g/mol. The molecule has 1 fully saturated rings. The average Bonchev–Trinajstić information content (AvgIpc) is 2.56. The molecule has 138 valence electrons. The molecule has 0 bridgehead atoms. The number of fused-ring (bicyclic) bond motifs is 3. The minimum atomic E-state index is -0.782. The number of ether oxygens (including phenoxy) is 1. The van der Waals surface area contributed by atoms with Gasteiger partial charge in [0, 0.05) is 7.11 Å². The van der Waals surface area contributed by atoms with E-state index >= 15 is 0 Å². The molecular weight excluding hydrogens is 316 g/mol. The molecule has 0 unspecified atom stereocenters. The number of aliphatic carboxylic acids is 1. The molecule has 1 saturated carbocycles. The van der Waals surface area contributed by atoms with E-state index in [9.17, 15) is 15.0 Å². The molecule has 3 rings (SSSR count). The number of hydrogen-bond acceptors (Lipinski definition) is 3. The summed E-state index contributed by atoms with van der Waals surface area (Å²) in [7, 11) is 1.69. The van der Waals surface area contributed by atoms with Crippen LogP contribution in [-0.2, 0) is 20.5 Å². The predicted octanol–water partition coefficient (Wildman–Crippen LogP) is 4.15. The van der Waals surface area contributed by atoms with Gasteiger partial charge in [-0.3, -0.25) is 4.79 Å². The van der Waals surface area contributed by atoms with Gasteiger partial charge in [-0.2, -0.15) is 0 Å². The second-order valence-electron chi connectivity index (χ2n) is 8.81. The Balaban J connectivity index is 2.13. The topological polar surface area (TPSA) is 66.8 Å². The highest BCUT2D eigenvalue weighted by Gasteiger charge is 2.56. The zero-order valence-corrected chi connectivity index (χ0v) is 15.9. The summed E-state index contributed by atoms with van der Waals surface area (Å²) in [6, 6.07) is 6.21. The Bertz CT molecular complexity index is 695. The Morgan fingerprint density at radius 3 is 2.56 bits per heavy atom. The maximum absolute atomic E-state index is 12.0. The van der Waals surface area contributed by atoms with Crippen molar-refractivity contribution in [3.63, 3.8) is 0 Å². The normalized spacial score (nSPS) is 35.0. The summed E-state index contributed by atoms with van der Waals surface area (Å²) in [5.41, 5.74) is 1.67. The van der Waals surface area contributed by atoms with Gasteiger partial charge in [0.1, 0.15) is 0 Å². The summed E-state index contributed by atoms with van der Waals surface area (Å²) < 4.78 is 5.59. The molecule has 4 atom stereocenters. The number of hydrogen-bond donors (Lipinski definition) is 2. The zero-order chi connectivity index (χ0) is 18.6. The van der Waals surface area contributed by atoms with Crippen LogP contribution in [0.5, 0.6) is 0 Å². The van der Waals surface area contributed by atoms with E-state index in [-0.39, 0.29) is 11.3 Å². The van der Waals surface area contributed by atoms with E-state index in [0.29, 0.717) is 12.8 Å². The van der Waals surface area contributed by atoms with Gasteiger partial charge >= 0.3 is 5.97 Å². The summed E-state index contributed by atoms with van der Waals surface area (Å²) in [4.78, 5) is 12.0. The first-order chi connectivity index (χ1) is 11.6. The van der Waals surface area contributed by atoms with Crippen molar-refractivity contribution in [3.05, 3.63) is 34.9 Å². The van der Waals surface area contributed by atoms with Crippen LogP contribution in [0.25, 0.3) is 0 Å². The van der Waals surface area contributed by atoms with Gasteiger partial charge in [0.25, 0.3) is 0 Å². The van der Waals surface area contributed by atoms with E-state index in [1.165, 1.54) is 0 Å². The molecule has 0 aromatic heterocycles. The molecule has 4 heteroatoms. The highest BCUT2D eigenvalue weighted by molar-refractivity contribution is 5.75. The van der Waals surface area contributed by atoms with Crippen LogP contribution in [0.15, 0.2) is 18.2 Å². The van der Waals surface area contributed by atoms with E-state index < -0.39 is 23.1 Å². The predicted molar refractivity (Wildman–Crippen MR) is 96.5 cm³/mol. The van der Waals surface area contributed by atoms with E-state index in [0.717, 1.165) is 29.5 Å². The van der Waals surface area contributed by atoms with E-state index in [1.807, 2.05) is 20.8 Å². The fourth-order valence-corrected chi connectivity index (χ4v) is 5.17. The molecule has 25 heavy (non-hydrogen) atoms. The molecule has 2 aliphatic carbocycles. The van der Waals surface area contributed by atoms with Crippen molar-refractivity contribution in [2.24, 2.45) is 11.3 Å². The lowest BCUT2D eigenvalue weighted by Crippen LogP contribution is -2.53. The lowest BCUT2D eigenvalue weighted by atomic mass is 9.49. The number of aliphatic hydroxyl groups excluding tert-OH is 1. The Hall–Kier alpha value is -1.39. The Morgan fingerprint density at radius 2 is 1.96 bits per heavy atom. The van der Waals surface area contributed by atoms with E-state index in [1.54, 1.807) is 7.11 Å². The largest absolute Gasteiger partial charge is 0.481 e. The maximum atomic E-state index is 12.0. The third kappa shape index (κ3) is 2.61. The number of rotatable bonds is 3. The van der Waals surface area contributed by atoms with Crippen LogP contribution in [0.1, 0.15) is 76.2 Å². The van der Waals surface area contributed by atoms with Crippen molar-refractivity contribution in [1.29, 1.82) is 0 Å². The van der Waals surface area contributed by atoms with Gasteiger partial charge in [0.2, 0.25) is 0 Å². The SMILES string of the molecule is COC(C)(C)c1ccc2c(c1)[C@H](O)C[C@H]1[C@](C)(C(=O)O)CCC[C@]21C. The van der Waals surface area contributed by atoms with Gasteiger partial charge in [-0.15, -0.1) is 0 Å². The zero-order valence-electron chi connectivity index (χ0n) is 15.9. The number of carbonyl (C=O) groups is 1. The van der Waals surface area contributed by atoms with Crippen molar-refractivity contribution in [1.82, 2.24) is 0 Å². The summed E-state index contributed by atoms with van der Waals surface area (Å²) >= 11 is 0. The lowest BCUT2D eigenvalue weighted by Gasteiger charge is -2.54. The molecule has 1 aromatic rings. The van der Waals surface area contributed by atoms with Crippen molar-refractivity contribution in [2.45, 2.75) is 70.5 Å². The fraction of sp³-hybridized carbons (Fsp3) is 0.667. The van der Waals surface area contributed by atoms with Crippen molar-refractivity contribution < 1.29 is 19.7 Å². The average molecular weight is 346 g/mol. The van der Waals surface area contributed by atoms with Crippen LogP contribution in [0, 0.1) is 11.3 Å². The molecule has 0 aliphatic heterocycles. The van der Waals surface area contributed by atoms with Gasteiger partial charge < -0.3 is 14.9 Å². The smallest absolute Gasteiger partial charge is 0.309 e. The summed E-state index contributed by atoms with van der Waals surface area (Å²) in [5, 5.41) is 20.7. The first kappa shape index (κ1) is 18.4. The number of carboxylic acids is 1. The molecule has 2 N–H and O–H groups in total. The molecule has 4 nitrogen and oxygen atoms in total. The summed E-state index contributed by atoms with van der Waals surface area (Å²) in [6.07, 6.45) is 2.42. The highest BCUT2D eigenvalue weighted by Crippen LogP contribution is 2.59. The molecular formula is C21H30O4. The van der Waals surface area contributed by atoms with Crippen LogP contribution in [0.2, 0.25) is 0 Å². The van der Waals surface area contributed by atoms with Gasteiger partial charge in [-0.05, 0) is 68.1 Å². The van der Waals surface area contributed by atoms with E-state index in [4.69, 9.17) is 4.74 Å². The fourth-order valence-electron chi connectivity index (χ4n) is 5.17. The van der Waals surface area contributed by atoms with Crippen molar-refractivity contribution in [2.75, 3.05) is 7.11 Å². The van der Waals surface area contributed by atoms with Crippen molar-refractivity contribution in [3.8, 4) is 0 Å². The quantitative estimate of drug-likeness (QED) is 0.863. The Kier molecular flexibility index (Phi) is 4.28. The van der Waals surface area contributed by atoms with Crippen LogP contribution in [0.4, 0.5) is 0 Å². The van der Waals surface area contributed by atoms with Gasteiger partial charge in [-0.1, -0.05) is 31.5 Å². The third-order valence-electron chi connectivity index (χ3n) is 7.11. The number of carboxylic acid groups (broad SMARTS) is 1. The molecule has 0 amide bonds. The standard InChI is InChI=1S/C21H30O4/c1-19(2,25-5)13-7-8-15-14(11-13)16(22)12-17-20(15,3)9-6-10-21(17,4)18(23)24/h7-8,11,16-17,22H,6,9-10,12H2,1-5H3,(H,23,24)/t16-,17-,20-,21-/m1/s1. The van der Waals surface area contributed by atoms with Crippen LogP contribution in [0.3, 0.4) is 0 Å². The molecule has 0 radical (unpaired) electrons. The van der Waals surface area contributed by atoms with E-state index in [2.05, 4.69) is 25.1 Å². The maximum Gasteiger partial charge on any atom is 0.309 e. The number of benzene rings is 1. The Labute approximate surface area is 150 Å². The Morgan fingerprint density at radius 1 is 1.28 bits per heavy atom.